The topological polar surface area (TPSA) is 162 Å². The third-order valence-electron chi connectivity index (χ3n) is 4.57. The molecule has 3 aromatic rings. The van der Waals surface area contributed by atoms with Crippen LogP contribution in [0.1, 0.15) is 31.1 Å². The van der Waals surface area contributed by atoms with E-state index >= 15 is 0 Å². The molecule has 0 fully saturated rings. The van der Waals surface area contributed by atoms with Gasteiger partial charge in [-0.2, -0.15) is 0 Å². The highest BCUT2D eigenvalue weighted by Crippen LogP contribution is 2.23. The van der Waals surface area contributed by atoms with Crippen LogP contribution in [0.25, 0.3) is 0 Å². The highest BCUT2D eigenvalue weighted by molar-refractivity contribution is 6.07. The molecule has 0 saturated heterocycles. The first kappa shape index (κ1) is 22.7. The first-order valence-corrected chi connectivity index (χ1v) is 9.47. The number of nitrogens with zero attached hydrogens (tertiary/aromatic N) is 2. The monoisotopic (exact) mass is 448 g/mol. The molecule has 0 spiro atoms. The molecule has 0 radical (unpaired) electrons. The lowest BCUT2D eigenvalue weighted by molar-refractivity contribution is -0.384. The van der Waals surface area contributed by atoms with Crippen LogP contribution in [0.5, 0.6) is 0 Å². The fraction of sp³-hybridized carbons (Fsp3) is 0.0455. The molecule has 0 aliphatic rings. The molecule has 2 N–H and O–H groups in total. The smallest absolute Gasteiger partial charge is 0.292 e. The van der Waals surface area contributed by atoms with Gasteiger partial charge in [0.25, 0.3) is 23.2 Å². The Kier molecular flexibility index (Phi) is 6.84. The Labute approximate surface area is 186 Å². The fourth-order valence-electron chi connectivity index (χ4n) is 2.84. The van der Waals surface area contributed by atoms with E-state index in [0.717, 1.165) is 0 Å². The van der Waals surface area contributed by atoms with Crippen LogP contribution in [-0.4, -0.2) is 34.0 Å². The number of nitrogens with one attached hydrogen (secondary N) is 2. The Morgan fingerprint density at radius 3 is 1.85 bits per heavy atom. The molecule has 0 aromatic heterocycles. The van der Waals surface area contributed by atoms with Gasteiger partial charge >= 0.3 is 0 Å². The van der Waals surface area contributed by atoms with Gasteiger partial charge in [0.1, 0.15) is 5.69 Å². The van der Waals surface area contributed by atoms with E-state index in [9.17, 15) is 34.6 Å². The lowest BCUT2D eigenvalue weighted by atomic mass is 10.1. The number of ketones is 1. The number of Topliss-reactive ketones (excluding diaryl/α,β-unsaturated/α-hetero) is 1. The number of nitro groups is 2. The minimum absolute atomic E-state index is 0.0432. The lowest BCUT2D eigenvalue weighted by Gasteiger charge is -2.07. The third-order valence-corrected chi connectivity index (χ3v) is 4.57. The van der Waals surface area contributed by atoms with Gasteiger partial charge in [0.15, 0.2) is 5.78 Å². The van der Waals surface area contributed by atoms with E-state index < -0.39 is 27.4 Å². The van der Waals surface area contributed by atoms with Crippen LogP contribution < -0.4 is 10.6 Å². The quantitative estimate of drug-likeness (QED) is 0.303. The summed E-state index contributed by atoms with van der Waals surface area (Å²) in [5.74, 6) is -1.58. The molecule has 3 rings (SSSR count). The van der Waals surface area contributed by atoms with Gasteiger partial charge < -0.3 is 10.6 Å². The summed E-state index contributed by atoms with van der Waals surface area (Å²) in [5.41, 5.74) is 0.216. The van der Waals surface area contributed by atoms with Gasteiger partial charge in [-0.1, -0.05) is 24.3 Å². The molecule has 0 aliphatic heterocycles. The number of hydrogen-bond donors (Lipinski definition) is 2. The number of amides is 2. The molecule has 11 nitrogen and oxygen atoms in total. The molecule has 11 heteroatoms. The highest BCUT2D eigenvalue weighted by Gasteiger charge is 2.16. The second-order valence-electron chi connectivity index (χ2n) is 6.72. The van der Waals surface area contributed by atoms with Crippen LogP contribution in [0.4, 0.5) is 17.1 Å². The molecular weight excluding hydrogens is 432 g/mol. The van der Waals surface area contributed by atoms with Crippen molar-refractivity contribution in [1.29, 1.82) is 0 Å². The van der Waals surface area contributed by atoms with Crippen molar-refractivity contribution >= 4 is 34.7 Å². The minimum atomic E-state index is -0.609. The van der Waals surface area contributed by atoms with Crippen molar-refractivity contribution in [3.05, 3.63) is 110 Å². The SMILES string of the molecule is O=C(CNC(=O)c1ccc([N+](=O)[O-])cc1)c1ccc(C(=O)Nc2ccccc2[N+](=O)[O-])cc1. The van der Waals surface area contributed by atoms with Crippen molar-refractivity contribution in [1.82, 2.24) is 5.32 Å². The first-order chi connectivity index (χ1) is 15.8. The third kappa shape index (κ3) is 5.61. The minimum Gasteiger partial charge on any atom is -0.345 e. The summed E-state index contributed by atoms with van der Waals surface area (Å²) in [6, 6.07) is 16.2. The maximum Gasteiger partial charge on any atom is 0.292 e. The van der Waals surface area contributed by atoms with E-state index in [0.29, 0.717) is 0 Å². The molecule has 0 aliphatic carbocycles. The summed E-state index contributed by atoms with van der Waals surface area (Å²) in [6.45, 7) is -0.322. The average molecular weight is 448 g/mol. The number of anilines is 1. The van der Waals surface area contributed by atoms with E-state index in [2.05, 4.69) is 10.6 Å². The molecule has 0 unspecified atom stereocenters. The van der Waals surface area contributed by atoms with E-state index in [1.807, 2.05) is 0 Å². The van der Waals surface area contributed by atoms with Gasteiger partial charge in [-0.15, -0.1) is 0 Å². The molecule has 0 bridgehead atoms. The Bertz CT molecular complexity index is 1240. The zero-order chi connectivity index (χ0) is 24.0. The van der Waals surface area contributed by atoms with Crippen molar-refractivity contribution in [2.45, 2.75) is 0 Å². The predicted molar refractivity (Wildman–Crippen MR) is 117 cm³/mol. The molecule has 33 heavy (non-hydrogen) atoms. The number of hydrogen-bond acceptors (Lipinski definition) is 7. The van der Waals surface area contributed by atoms with Gasteiger partial charge in [-0.05, 0) is 30.3 Å². The Balaban J connectivity index is 1.59. The predicted octanol–water partition coefficient (Wildman–Crippen LogP) is 3.37. The van der Waals surface area contributed by atoms with E-state index in [1.54, 1.807) is 6.07 Å². The fourth-order valence-corrected chi connectivity index (χ4v) is 2.84. The zero-order valence-electron chi connectivity index (χ0n) is 16.9. The van der Waals surface area contributed by atoms with E-state index in [4.69, 9.17) is 0 Å². The summed E-state index contributed by atoms with van der Waals surface area (Å²) >= 11 is 0. The van der Waals surface area contributed by atoms with Crippen molar-refractivity contribution in [2.24, 2.45) is 0 Å². The number of nitro benzene ring substituents is 2. The van der Waals surface area contributed by atoms with Crippen molar-refractivity contribution in [3.63, 3.8) is 0 Å². The number of benzene rings is 3. The number of rotatable bonds is 8. The summed E-state index contributed by atoms with van der Waals surface area (Å²) in [7, 11) is 0. The Morgan fingerprint density at radius 1 is 0.697 bits per heavy atom. The van der Waals surface area contributed by atoms with Crippen LogP contribution >= 0.6 is 0 Å². The Morgan fingerprint density at radius 2 is 1.24 bits per heavy atom. The average Bonchev–Trinajstić information content (AvgIpc) is 2.82. The van der Waals surface area contributed by atoms with Crippen molar-refractivity contribution in [2.75, 3.05) is 11.9 Å². The second kappa shape index (κ2) is 9.92. The summed E-state index contributed by atoms with van der Waals surface area (Å²) in [6.07, 6.45) is 0. The molecule has 2 amide bonds. The number of non-ortho nitro benzene ring substituents is 1. The van der Waals surface area contributed by atoms with E-state index in [1.165, 1.54) is 66.7 Å². The summed E-state index contributed by atoms with van der Waals surface area (Å²) in [4.78, 5) is 57.4. The zero-order valence-corrected chi connectivity index (χ0v) is 16.9. The molecule has 0 saturated carbocycles. The Hall–Kier alpha value is -4.93. The van der Waals surface area contributed by atoms with E-state index in [-0.39, 0.29) is 40.3 Å². The van der Waals surface area contributed by atoms with Crippen molar-refractivity contribution < 1.29 is 24.2 Å². The standard InChI is InChI=1S/C22H16N4O7/c27-20(13-23-21(28)15-9-11-17(12-10-15)25(30)31)14-5-7-16(8-6-14)22(29)24-18-3-1-2-4-19(18)26(32)33/h1-12H,13H2,(H,23,28)(H,24,29). The van der Waals surface area contributed by atoms with Crippen LogP contribution in [0.15, 0.2) is 72.8 Å². The van der Waals surface area contributed by atoms with Gasteiger partial charge in [0.05, 0.1) is 16.4 Å². The molecule has 0 heterocycles. The van der Waals surface area contributed by atoms with Crippen LogP contribution in [0.2, 0.25) is 0 Å². The summed E-state index contributed by atoms with van der Waals surface area (Å²) in [5, 5.41) is 26.6. The maximum absolute atomic E-state index is 12.4. The van der Waals surface area contributed by atoms with Crippen LogP contribution in [0, 0.1) is 20.2 Å². The lowest BCUT2D eigenvalue weighted by Crippen LogP contribution is -2.29. The number of para-hydroxylation sites is 2. The molecular formula is C22H16N4O7. The first-order valence-electron chi connectivity index (χ1n) is 9.47. The molecule has 166 valence electrons. The van der Waals surface area contributed by atoms with Crippen LogP contribution in [-0.2, 0) is 0 Å². The number of carbonyl (C=O) groups excluding carboxylic acids is 3. The molecule has 3 aromatic carbocycles. The normalized spacial score (nSPS) is 10.2. The van der Waals surface area contributed by atoms with Gasteiger partial charge in [0, 0.05) is 34.9 Å². The maximum atomic E-state index is 12.4. The van der Waals surface area contributed by atoms with Gasteiger partial charge in [-0.3, -0.25) is 34.6 Å². The molecule has 0 atom stereocenters. The largest absolute Gasteiger partial charge is 0.345 e. The van der Waals surface area contributed by atoms with Crippen molar-refractivity contribution in [3.8, 4) is 0 Å². The second-order valence-corrected chi connectivity index (χ2v) is 6.72. The summed E-state index contributed by atoms with van der Waals surface area (Å²) < 4.78 is 0. The van der Waals surface area contributed by atoms with Gasteiger partial charge in [0.2, 0.25) is 0 Å². The highest BCUT2D eigenvalue weighted by atomic mass is 16.6. The van der Waals surface area contributed by atoms with Crippen LogP contribution in [0.3, 0.4) is 0 Å². The van der Waals surface area contributed by atoms with Gasteiger partial charge in [-0.25, -0.2) is 0 Å². The number of carbonyl (C=O) groups is 3.